The zero-order valence-corrected chi connectivity index (χ0v) is 17.8. The van der Waals surface area contributed by atoms with E-state index < -0.39 is 18.2 Å². The highest BCUT2D eigenvalue weighted by molar-refractivity contribution is 5.76. The Labute approximate surface area is 182 Å². The molecule has 31 heavy (non-hydrogen) atoms. The van der Waals surface area contributed by atoms with Crippen LogP contribution < -0.4 is 9.47 Å². The van der Waals surface area contributed by atoms with Gasteiger partial charge < -0.3 is 14.2 Å². The third kappa shape index (κ3) is 6.10. The Hall–Kier alpha value is -3.78. The minimum absolute atomic E-state index is 0.138. The van der Waals surface area contributed by atoms with Crippen LogP contribution in [0.5, 0.6) is 17.2 Å². The van der Waals surface area contributed by atoms with Crippen molar-refractivity contribution < 1.29 is 19.0 Å². The maximum Gasteiger partial charge on any atom is 0.349 e. The molecule has 5 heteroatoms. The summed E-state index contributed by atoms with van der Waals surface area (Å²) in [6, 6.07) is 25.8. The van der Waals surface area contributed by atoms with E-state index in [4.69, 9.17) is 14.2 Å². The first-order valence-corrected chi connectivity index (χ1v) is 10.1. The lowest BCUT2D eigenvalue weighted by Crippen LogP contribution is -2.35. The van der Waals surface area contributed by atoms with Gasteiger partial charge in [-0.1, -0.05) is 61.9 Å². The average Bonchev–Trinajstić information content (AvgIpc) is 2.77. The van der Waals surface area contributed by atoms with E-state index in [2.05, 4.69) is 6.07 Å². The standard InChI is InChI=1S/C26H25NO4/c1-18(2)25(30-22-14-12-19(3)13-15-22)26(28)31-24(17-27)20-8-7-11-23(16-20)29-21-9-5-4-6-10-21/h4-16,18,24-25H,1-3H3. The third-order valence-electron chi connectivity index (χ3n) is 4.61. The molecule has 0 spiro atoms. The van der Waals surface area contributed by atoms with E-state index in [0.29, 0.717) is 22.8 Å². The molecule has 5 nitrogen and oxygen atoms in total. The van der Waals surface area contributed by atoms with Gasteiger partial charge in [0, 0.05) is 11.5 Å². The molecule has 2 unspecified atom stereocenters. The van der Waals surface area contributed by atoms with Gasteiger partial charge in [-0.3, -0.25) is 0 Å². The van der Waals surface area contributed by atoms with Crippen molar-refractivity contribution in [1.29, 1.82) is 5.26 Å². The summed E-state index contributed by atoms with van der Waals surface area (Å²) in [4.78, 5) is 12.8. The first-order valence-electron chi connectivity index (χ1n) is 10.1. The van der Waals surface area contributed by atoms with E-state index >= 15 is 0 Å². The molecule has 2 atom stereocenters. The first-order chi connectivity index (χ1) is 15.0. The first kappa shape index (κ1) is 21.9. The number of para-hydroxylation sites is 1. The molecule has 0 aliphatic heterocycles. The van der Waals surface area contributed by atoms with E-state index in [0.717, 1.165) is 5.56 Å². The Balaban J connectivity index is 1.73. The number of benzene rings is 3. The molecule has 0 heterocycles. The van der Waals surface area contributed by atoms with Crippen LogP contribution in [0.25, 0.3) is 0 Å². The van der Waals surface area contributed by atoms with Gasteiger partial charge in [-0.05, 0) is 43.3 Å². The minimum atomic E-state index is -1.07. The van der Waals surface area contributed by atoms with Crippen LogP contribution in [0.3, 0.4) is 0 Å². The maximum atomic E-state index is 12.8. The molecule has 3 aromatic carbocycles. The van der Waals surface area contributed by atoms with Gasteiger partial charge in [0.05, 0.1) is 0 Å². The molecular formula is C26H25NO4. The summed E-state index contributed by atoms with van der Waals surface area (Å²) in [5.41, 5.74) is 1.63. The van der Waals surface area contributed by atoms with Crippen LogP contribution in [0.2, 0.25) is 0 Å². The Morgan fingerprint density at radius 3 is 2.19 bits per heavy atom. The van der Waals surface area contributed by atoms with Crippen LogP contribution >= 0.6 is 0 Å². The predicted molar refractivity (Wildman–Crippen MR) is 118 cm³/mol. The van der Waals surface area contributed by atoms with Crippen LogP contribution in [0, 0.1) is 24.2 Å². The number of nitriles is 1. The van der Waals surface area contributed by atoms with Gasteiger partial charge in [0.25, 0.3) is 0 Å². The van der Waals surface area contributed by atoms with E-state index in [1.807, 2.05) is 75.4 Å². The minimum Gasteiger partial charge on any atom is -0.478 e. The molecule has 0 radical (unpaired) electrons. The number of nitrogens with zero attached hydrogens (tertiary/aromatic N) is 1. The molecule has 0 aromatic heterocycles. The molecule has 0 saturated heterocycles. The van der Waals surface area contributed by atoms with Crippen molar-refractivity contribution in [3.63, 3.8) is 0 Å². The van der Waals surface area contributed by atoms with Crippen LogP contribution in [-0.4, -0.2) is 12.1 Å². The van der Waals surface area contributed by atoms with Gasteiger partial charge in [-0.25, -0.2) is 4.79 Å². The van der Waals surface area contributed by atoms with Crippen molar-refractivity contribution in [2.75, 3.05) is 0 Å². The molecule has 0 bridgehead atoms. The molecule has 0 aliphatic carbocycles. The van der Waals surface area contributed by atoms with E-state index in [-0.39, 0.29) is 5.92 Å². The Morgan fingerprint density at radius 1 is 0.871 bits per heavy atom. The normalized spacial score (nSPS) is 12.5. The second-order valence-corrected chi connectivity index (χ2v) is 7.53. The van der Waals surface area contributed by atoms with Crippen molar-refractivity contribution >= 4 is 5.97 Å². The Morgan fingerprint density at radius 2 is 1.55 bits per heavy atom. The summed E-state index contributed by atoms with van der Waals surface area (Å²) in [6.07, 6.45) is -1.91. The molecule has 0 saturated carbocycles. The van der Waals surface area contributed by atoms with Crippen molar-refractivity contribution in [2.24, 2.45) is 5.92 Å². The van der Waals surface area contributed by atoms with Crippen molar-refractivity contribution in [1.82, 2.24) is 0 Å². The van der Waals surface area contributed by atoms with Crippen molar-refractivity contribution in [3.05, 3.63) is 90.0 Å². The molecule has 0 aliphatic rings. The van der Waals surface area contributed by atoms with Crippen molar-refractivity contribution in [2.45, 2.75) is 33.0 Å². The summed E-state index contributed by atoms with van der Waals surface area (Å²) < 4.78 is 17.2. The summed E-state index contributed by atoms with van der Waals surface area (Å²) in [5, 5.41) is 9.64. The lowest BCUT2D eigenvalue weighted by Gasteiger charge is -2.22. The van der Waals surface area contributed by atoms with Crippen LogP contribution in [0.4, 0.5) is 0 Å². The number of esters is 1. The smallest absolute Gasteiger partial charge is 0.349 e. The highest BCUT2D eigenvalue weighted by Crippen LogP contribution is 2.27. The highest BCUT2D eigenvalue weighted by Gasteiger charge is 2.29. The fraction of sp³-hybridized carbons (Fsp3) is 0.231. The predicted octanol–water partition coefficient (Wildman–Crippen LogP) is 6.00. The third-order valence-corrected chi connectivity index (χ3v) is 4.61. The van der Waals surface area contributed by atoms with Crippen molar-refractivity contribution in [3.8, 4) is 23.3 Å². The number of aryl methyl sites for hydroxylation is 1. The zero-order chi connectivity index (χ0) is 22.2. The van der Waals surface area contributed by atoms with Gasteiger partial charge in [0.1, 0.15) is 23.3 Å². The molecule has 0 fully saturated rings. The lowest BCUT2D eigenvalue weighted by molar-refractivity contribution is -0.157. The van der Waals surface area contributed by atoms with Gasteiger partial charge in [-0.15, -0.1) is 0 Å². The molecule has 0 N–H and O–H groups in total. The fourth-order valence-corrected chi connectivity index (χ4v) is 2.94. The topological polar surface area (TPSA) is 68.5 Å². The zero-order valence-electron chi connectivity index (χ0n) is 17.8. The number of carbonyl (C=O) groups is 1. The van der Waals surface area contributed by atoms with Gasteiger partial charge >= 0.3 is 5.97 Å². The summed E-state index contributed by atoms with van der Waals surface area (Å²) in [5.74, 6) is 1.08. The molecular weight excluding hydrogens is 390 g/mol. The van der Waals surface area contributed by atoms with Crippen LogP contribution in [0.15, 0.2) is 78.9 Å². The average molecular weight is 415 g/mol. The number of hydrogen-bond donors (Lipinski definition) is 0. The summed E-state index contributed by atoms with van der Waals surface area (Å²) in [6.45, 7) is 5.72. The molecule has 0 amide bonds. The molecule has 158 valence electrons. The van der Waals surface area contributed by atoms with E-state index in [1.165, 1.54) is 0 Å². The number of rotatable bonds is 8. The second kappa shape index (κ2) is 10.3. The van der Waals surface area contributed by atoms with Crippen LogP contribution in [0.1, 0.15) is 31.1 Å². The van der Waals surface area contributed by atoms with Crippen LogP contribution in [-0.2, 0) is 9.53 Å². The lowest BCUT2D eigenvalue weighted by atomic mass is 10.1. The summed E-state index contributed by atoms with van der Waals surface area (Å²) in [7, 11) is 0. The monoisotopic (exact) mass is 415 g/mol. The number of ether oxygens (including phenoxy) is 3. The largest absolute Gasteiger partial charge is 0.478 e. The second-order valence-electron chi connectivity index (χ2n) is 7.53. The number of carbonyl (C=O) groups excluding carboxylic acids is 1. The summed E-state index contributed by atoms with van der Waals surface area (Å²) >= 11 is 0. The van der Waals surface area contributed by atoms with Gasteiger partial charge in [0.2, 0.25) is 6.10 Å². The van der Waals surface area contributed by atoms with E-state index in [9.17, 15) is 10.1 Å². The van der Waals surface area contributed by atoms with Gasteiger partial charge in [-0.2, -0.15) is 5.26 Å². The van der Waals surface area contributed by atoms with Gasteiger partial charge in [0.15, 0.2) is 6.10 Å². The SMILES string of the molecule is Cc1ccc(OC(C(=O)OC(C#N)c2cccc(Oc3ccccc3)c2)C(C)C)cc1. The number of hydrogen-bond acceptors (Lipinski definition) is 5. The highest BCUT2D eigenvalue weighted by atomic mass is 16.6. The van der Waals surface area contributed by atoms with E-state index in [1.54, 1.807) is 24.3 Å². The quantitative estimate of drug-likeness (QED) is 0.422. The molecule has 3 aromatic rings. The fourth-order valence-electron chi connectivity index (χ4n) is 2.94. The maximum absolute atomic E-state index is 12.8. The Kier molecular flexibility index (Phi) is 7.29. The molecule has 3 rings (SSSR count). The Bertz CT molecular complexity index is 1040.